The second-order valence-electron chi connectivity index (χ2n) is 5.86. The molecule has 1 heterocycles. The van der Waals surface area contributed by atoms with Crippen molar-refractivity contribution in [2.24, 2.45) is 0 Å². The van der Waals surface area contributed by atoms with E-state index in [2.05, 4.69) is 20.8 Å². The van der Waals surface area contributed by atoms with E-state index < -0.39 is 10.8 Å². The first-order valence-corrected chi connectivity index (χ1v) is 10.0. The van der Waals surface area contributed by atoms with E-state index in [-0.39, 0.29) is 27.3 Å². The minimum absolute atomic E-state index is 0.0615. The minimum Gasteiger partial charge on any atom is -0.352 e. The summed E-state index contributed by atoms with van der Waals surface area (Å²) in [5, 5.41) is 25.2. The molecule has 0 unspecified atom stereocenters. The van der Waals surface area contributed by atoms with Crippen molar-refractivity contribution in [3.8, 4) is 0 Å². The lowest BCUT2D eigenvalue weighted by atomic mass is 10.2. The van der Waals surface area contributed by atoms with Crippen molar-refractivity contribution < 1.29 is 14.5 Å². The van der Waals surface area contributed by atoms with Gasteiger partial charge in [0.1, 0.15) is 10.0 Å². The maximum absolute atomic E-state index is 12.3. The molecular weight excluding hydrogens is 453 g/mol. The fraction of sp³-hybridized carbons (Fsp3) is 0.111. The molecular formula is C18H13Cl2N5O4S. The Morgan fingerprint density at radius 2 is 1.83 bits per heavy atom. The molecule has 2 N–H and O–H groups in total. The van der Waals surface area contributed by atoms with Crippen molar-refractivity contribution in [2.45, 2.75) is 6.42 Å². The highest BCUT2D eigenvalue weighted by atomic mass is 35.5. The lowest BCUT2D eigenvalue weighted by Crippen LogP contribution is -2.25. The predicted octanol–water partition coefficient (Wildman–Crippen LogP) is 3.98. The van der Waals surface area contributed by atoms with E-state index in [4.69, 9.17) is 23.2 Å². The zero-order valence-corrected chi connectivity index (χ0v) is 17.4. The SMILES string of the molecule is O=C(Nc1nnc(CCNC(=O)c2ccccc2Cl)s1)c1ccc(Cl)c([N+](=O)[O-])c1. The zero-order chi connectivity index (χ0) is 21.7. The van der Waals surface area contributed by atoms with Gasteiger partial charge < -0.3 is 5.32 Å². The molecule has 0 aliphatic rings. The van der Waals surface area contributed by atoms with E-state index in [0.29, 0.717) is 28.6 Å². The molecule has 0 spiro atoms. The Balaban J connectivity index is 1.56. The van der Waals surface area contributed by atoms with Crippen LogP contribution in [0.2, 0.25) is 10.0 Å². The van der Waals surface area contributed by atoms with Gasteiger partial charge in [0, 0.05) is 24.6 Å². The van der Waals surface area contributed by atoms with Crippen LogP contribution in [0.5, 0.6) is 0 Å². The molecule has 12 heteroatoms. The molecule has 2 amide bonds. The summed E-state index contributed by atoms with van der Waals surface area (Å²) in [6.45, 7) is 0.302. The number of nitrogens with one attached hydrogen (secondary N) is 2. The Labute approximate surface area is 184 Å². The van der Waals surface area contributed by atoms with Gasteiger partial charge in [0.25, 0.3) is 17.5 Å². The highest BCUT2D eigenvalue weighted by Crippen LogP contribution is 2.26. The molecule has 0 atom stereocenters. The number of carbonyl (C=O) groups excluding carboxylic acids is 2. The number of anilines is 1. The van der Waals surface area contributed by atoms with Gasteiger partial charge in [-0.15, -0.1) is 10.2 Å². The number of carbonyl (C=O) groups is 2. The van der Waals surface area contributed by atoms with Gasteiger partial charge in [-0.25, -0.2) is 0 Å². The minimum atomic E-state index is -0.668. The fourth-order valence-electron chi connectivity index (χ4n) is 2.39. The third-order valence-electron chi connectivity index (χ3n) is 3.84. The number of rotatable bonds is 7. The first kappa shape index (κ1) is 21.6. The van der Waals surface area contributed by atoms with Gasteiger partial charge in [0.05, 0.1) is 15.5 Å². The van der Waals surface area contributed by atoms with Crippen LogP contribution in [0.3, 0.4) is 0 Å². The van der Waals surface area contributed by atoms with Crippen LogP contribution in [0.25, 0.3) is 0 Å². The van der Waals surface area contributed by atoms with Crippen molar-refractivity contribution in [3.05, 3.63) is 78.8 Å². The van der Waals surface area contributed by atoms with E-state index in [1.807, 2.05) is 0 Å². The molecule has 0 fully saturated rings. The first-order valence-electron chi connectivity index (χ1n) is 8.45. The summed E-state index contributed by atoms with van der Waals surface area (Å²) in [6, 6.07) is 10.4. The van der Waals surface area contributed by atoms with Crippen molar-refractivity contribution in [2.75, 3.05) is 11.9 Å². The first-order chi connectivity index (χ1) is 14.3. The highest BCUT2D eigenvalue weighted by molar-refractivity contribution is 7.15. The molecule has 3 rings (SSSR count). The number of aromatic nitrogens is 2. The Bertz CT molecular complexity index is 1120. The van der Waals surface area contributed by atoms with Crippen LogP contribution >= 0.6 is 34.5 Å². The lowest BCUT2D eigenvalue weighted by molar-refractivity contribution is -0.384. The number of halogens is 2. The summed E-state index contributed by atoms with van der Waals surface area (Å²) >= 11 is 12.9. The summed E-state index contributed by atoms with van der Waals surface area (Å²) in [4.78, 5) is 34.7. The number of benzene rings is 2. The number of hydrogen-bond donors (Lipinski definition) is 2. The third kappa shape index (κ3) is 5.29. The Morgan fingerprint density at radius 1 is 1.07 bits per heavy atom. The smallest absolute Gasteiger partial charge is 0.288 e. The van der Waals surface area contributed by atoms with Gasteiger partial charge in [0.2, 0.25) is 5.13 Å². The molecule has 0 aliphatic heterocycles. The van der Waals surface area contributed by atoms with Crippen molar-refractivity contribution in [1.82, 2.24) is 15.5 Å². The summed E-state index contributed by atoms with van der Waals surface area (Å²) in [5.74, 6) is -0.882. The number of nitrogens with zero attached hydrogens (tertiary/aromatic N) is 3. The molecule has 0 saturated carbocycles. The summed E-state index contributed by atoms with van der Waals surface area (Å²) in [5.41, 5.74) is 0.0767. The van der Waals surface area contributed by atoms with Crippen LogP contribution in [0.15, 0.2) is 42.5 Å². The van der Waals surface area contributed by atoms with Crippen LogP contribution in [0.4, 0.5) is 10.8 Å². The van der Waals surface area contributed by atoms with Crippen LogP contribution in [0, 0.1) is 10.1 Å². The molecule has 0 saturated heterocycles. The molecule has 3 aromatic rings. The summed E-state index contributed by atoms with van der Waals surface area (Å²) < 4.78 is 0. The quantitative estimate of drug-likeness (QED) is 0.401. The number of hydrogen-bond acceptors (Lipinski definition) is 7. The Morgan fingerprint density at radius 3 is 2.57 bits per heavy atom. The maximum Gasteiger partial charge on any atom is 0.288 e. The van der Waals surface area contributed by atoms with E-state index in [9.17, 15) is 19.7 Å². The topological polar surface area (TPSA) is 127 Å². The van der Waals surface area contributed by atoms with E-state index in [1.54, 1.807) is 24.3 Å². The number of nitro groups is 1. The van der Waals surface area contributed by atoms with E-state index in [1.165, 1.54) is 12.1 Å². The van der Waals surface area contributed by atoms with Crippen LogP contribution in [-0.4, -0.2) is 33.5 Å². The van der Waals surface area contributed by atoms with Gasteiger partial charge >= 0.3 is 0 Å². The van der Waals surface area contributed by atoms with Gasteiger partial charge in [0.15, 0.2) is 0 Å². The predicted molar refractivity (Wildman–Crippen MR) is 113 cm³/mol. The second-order valence-corrected chi connectivity index (χ2v) is 7.74. The highest BCUT2D eigenvalue weighted by Gasteiger charge is 2.17. The molecule has 0 bridgehead atoms. The number of nitro benzene ring substituents is 1. The van der Waals surface area contributed by atoms with Gasteiger partial charge in [-0.1, -0.05) is 46.7 Å². The molecule has 2 aromatic carbocycles. The summed E-state index contributed by atoms with van der Waals surface area (Å²) in [6.07, 6.45) is 0.399. The lowest BCUT2D eigenvalue weighted by Gasteiger charge is -2.05. The van der Waals surface area contributed by atoms with Crippen molar-refractivity contribution in [1.29, 1.82) is 0 Å². The van der Waals surface area contributed by atoms with E-state index >= 15 is 0 Å². The van der Waals surface area contributed by atoms with Crippen molar-refractivity contribution in [3.63, 3.8) is 0 Å². The summed E-state index contributed by atoms with van der Waals surface area (Å²) in [7, 11) is 0. The van der Waals surface area contributed by atoms with Crippen LogP contribution < -0.4 is 10.6 Å². The molecule has 1 aromatic heterocycles. The molecule has 0 aliphatic carbocycles. The fourth-order valence-corrected chi connectivity index (χ4v) is 3.53. The molecule has 154 valence electrons. The maximum atomic E-state index is 12.3. The van der Waals surface area contributed by atoms with Gasteiger partial charge in [-0.3, -0.25) is 25.0 Å². The van der Waals surface area contributed by atoms with Crippen LogP contribution in [0.1, 0.15) is 25.7 Å². The van der Waals surface area contributed by atoms with Gasteiger partial charge in [-0.05, 0) is 24.3 Å². The molecule has 9 nitrogen and oxygen atoms in total. The largest absolute Gasteiger partial charge is 0.352 e. The average Bonchev–Trinajstić information content (AvgIpc) is 3.15. The Hall–Kier alpha value is -3.08. The second kappa shape index (κ2) is 9.61. The number of amides is 2. The normalized spacial score (nSPS) is 10.5. The molecule has 30 heavy (non-hydrogen) atoms. The van der Waals surface area contributed by atoms with Crippen LogP contribution in [-0.2, 0) is 6.42 Å². The van der Waals surface area contributed by atoms with E-state index in [0.717, 1.165) is 17.4 Å². The zero-order valence-electron chi connectivity index (χ0n) is 15.1. The van der Waals surface area contributed by atoms with Gasteiger partial charge in [-0.2, -0.15) is 0 Å². The average molecular weight is 466 g/mol. The van der Waals surface area contributed by atoms with Crippen molar-refractivity contribution >= 4 is 57.2 Å². The monoisotopic (exact) mass is 465 g/mol. The Kier molecular flexibility index (Phi) is 6.93. The third-order valence-corrected chi connectivity index (χ3v) is 5.38. The molecule has 0 radical (unpaired) electrons. The standard InChI is InChI=1S/C18H13Cl2N5O4S/c19-12-4-2-1-3-11(12)17(27)21-8-7-15-23-24-18(30-15)22-16(26)10-5-6-13(20)14(9-10)25(28)29/h1-6,9H,7-8H2,(H,21,27)(H,22,24,26).